The minimum Gasteiger partial charge on any atom is -2.00 e. The molecule has 8 rings (SSSR count). The largest absolute Gasteiger partial charge is 2.00 e. The first-order valence-corrected chi connectivity index (χ1v) is 28.4. The third kappa shape index (κ3) is 18.2. The quantitative estimate of drug-likeness (QED) is 0.148. The smallest absolute Gasteiger partial charge is 0.101 e. The summed E-state index contributed by atoms with van der Waals surface area (Å²) in [4.78, 5) is 0. The van der Waals surface area contributed by atoms with E-state index in [9.17, 15) is 0 Å². The van der Waals surface area contributed by atoms with E-state index < -0.39 is 41.9 Å². The van der Waals surface area contributed by atoms with Crippen molar-refractivity contribution in [3.05, 3.63) is 243 Å². The summed E-state index contributed by atoms with van der Waals surface area (Å²) in [7, 11) is -8.08. The summed E-state index contributed by atoms with van der Waals surface area (Å²) in [5, 5.41) is 12.1. The molecule has 12 heteroatoms. The van der Waals surface area contributed by atoms with Crippen molar-refractivity contribution in [1.82, 2.24) is 0 Å². The van der Waals surface area contributed by atoms with E-state index in [1.165, 1.54) is 67.1 Å². The van der Waals surface area contributed by atoms with Crippen LogP contribution in [0.3, 0.4) is 0 Å². The fourth-order valence-electron chi connectivity index (χ4n) is 7.44. The molecular weight excluding hydrogens is 1060 g/mol. The SMILES string of the molecule is [O-2].[O-][Cl+3]([O-])([O-])[O-].[OH-].[W].c1ccc([PH+](CC[PH+](c2ccccc2)c2ccccc2)c2ccccc2)cc1.c1ccc([PH+](CC[PH+](c2ccccc2)c2ccccc2)c2ccccc2)cc1. The van der Waals surface area contributed by atoms with Gasteiger partial charge in [0, 0.05) is 21.1 Å². The molecule has 0 saturated carbocycles. The van der Waals surface area contributed by atoms with Crippen molar-refractivity contribution in [1.29, 1.82) is 0 Å². The summed E-state index contributed by atoms with van der Waals surface area (Å²) in [6.45, 7) is 0. The van der Waals surface area contributed by atoms with Crippen LogP contribution in [0.15, 0.2) is 243 Å². The van der Waals surface area contributed by atoms with E-state index in [0.29, 0.717) is 0 Å². The molecule has 0 amide bonds. The van der Waals surface area contributed by atoms with Crippen LogP contribution in [0.25, 0.3) is 0 Å². The van der Waals surface area contributed by atoms with Gasteiger partial charge < -0.3 is 11.0 Å². The molecule has 0 aromatic heterocycles. The molecule has 330 valence electrons. The summed E-state index contributed by atoms with van der Waals surface area (Å²) >= 11 is 0. The van der Waals surface area contributed by atoms with Gasteiger partial charge >= 0.3 is 0 Å². The maximum Gasteiger partial charge on any atom is 0.101 e. The zero-order valence-electron chi connectivity index (χ0n) is 35.2. The van der Waals surface area contributed by atoms with Gasteiger partial charge in [-0.3, -0.25) is 0 Å². The fourth-order valence-corrected chi connectivity index (χ4v) is 19.8. The first kappa shape index (κ1) is 54.6. The van der Waals surface area contributed by atoms with E-state index in [4.69, 9.17) is 18.6 Å². The van der Waals surface area contributed by atoms with Crippen LogP contribution in [0.2, 0.25) is 0 Å². The molecule has 6 nitrogen and oxygen atoms in total. The van der Waals surface area contributed by atoms with Gasteiger partial charge in [0.05, 0.1) is 74.1 Å². The third-order valence-corrected chi connectivity index (χ3v) is 22.5. The number of halogens is 1. The molecule has 1 N–H and O–H groups in total. The minimum absolute atomic E-state index is 0. The van der Waals surface area contributed by atoms with Crippen molar-refractivity contribution in [2.75, 3.05) is 24.6 Å². The van der Waals surface area contributed by atoms with Crippen molar-refractivity contribution in [2.24, 2.45) is 0 Å². The maximum absolute atomic E-state index is 8.49. The Labute approximate surface area is 399 Å². The summed E-state index contributed by atoms with van der Waals surface area (Å²) in [6, 6.07) is 89.0. The number of benzene rings is 8. The van der Waals surface area contributed by atoms with Crippen molar-refractivity contribution in [2.45, 2.75) is 0 Å². The Morgan fingerprint density at radius 3 is 0.438 bits per heavy atom. The first-order valence-electron chi connectivity index (χ1n) is 20.3. The molecule has 0 aliphatic carbocycles. The van der Waals surface area contributed by atoms with E-state index in [1.54, 1.807) is 0 Å². The second-order valence-electron chi connectivity index (χ2n) is 14.2. The second-order valence-corrected chi connectivity index (χ2v) is 25.4. The van der Waals surface area contributed by atoms with E-state index in [2.05, 4.69) is 243 Å². The Balaban J connectivity index is 0.000000295. The Morgan fingerprint density at radius 1 is 0.250 bits per heavy atom. The van der Waals surface area contributed by atoms with Crippen LogP contribution >= 0.6 is 31.7 Å². The van der Waals surface area contributed by atoms with E-state index in [-0.39, 0.29) is 32.0 Å². The molecule has 0 unspecified atom stereocenters. The molecule has 0 atom stereocenters. The average Bonchev–Trinajstić information content (AvgIpc) is 3.31. The van der Waals surface area contributed by atoms with Gasteiger partial charge in [0.25, 0.3) is 0 Å². The Morgan fingerprint density at radius 2 is 0.344 bits per heavy atom. The zero-order chi connectivity index (χ0) is 42.5. The van der Waals surface area contributed by atoms with Crippen LogP contribution in [0.4, 0.5) is 0 Å². The molecule has 8 aromatic carbocycles. The Bertz CT molecular complexity index is 1880. The Hall–Kier alpha value is -3.78. The monoisotopic (exact) mass is 1120 g/mol. The molecule has 64 heavy (non-hydrogen) atoms. The van der Waals surface area contributed by atoms with Crippen molar-refractivity contribution in [3.63, 3.8) is 0 Å². The molecule has 0 bridgehead atoms. The minimum atomic E-state index is -4.94. The molecule has 8 aromatic rings. The molecule has 0 fully saturated rings. The second kappa shape index (κ2) is 29.7. The molecule has 0 heterocycles. The van der Waals surface area contributed by atoms with E-state index in [1.807, 2.05) is 0 Å². The molecule has 0 aliphatic rings. The van der Waals surface area contributed by atoms with Gasteiger partial charge in [-0.2, -0.15) is 0 Å². The fraction of sp³-hybridized carbons (Fsp3) is 0.0769. The topological polar surface area (TPSA) is 151 Å². The average molecular weight is 1120 g/mol. The van der Waals surface area contributed by atoms with Crippen LogP contribution in [0, 0.1) is 10.2 Å². The van der Waals surface area contributed by atoms with Crippen molar-refractivity contribution < 1.29 is 60.9 Å². The standard InChI is InChI=1S/2C26H24P2.ClHO4.H2O.O.W/c2*1-5-13-23(14-6-1)27(24-15-7-2-8-16-24)21-22-28(25-17-9-3-10-18-25)26-19-11-4-12-20-26;2-1(3,4)5;;;/h2*1-20H,21-22H2;(H,2,3,4,5);1H2;;/q;;;;-2;/p+2. The van der Waals surface area contributed by atoms with Crippen molar-refractivity contribution in [3.8, 4) is 0 Å². The number of hydrogen-bond acceptors (Lipinski definition) is 5. The number of rotatable bonds is 14. The molecule has 0 saturated heterocycles. The van der Waals surface area contributed by atoms with Crippen LogP contribution in [0.5, 0.6) is 0 Å². The van der Waals surface area contributed by atoms with Gasteiger partial charge in [0.1, 0.15) is 24.6 Å². The van der Waals surface area contributed by atoms with E-state index >= 15 is 0 Å². The van der Waals surface area contributed by atoms with Gasteiger partial charge in [0.15, 0.2) is 0 Å². The summed E-state index contributed by atoms with van der Waals surface area (Å²) in [5.74, 6) is 0. The van der Waals surface area contributed by atoms with Gasteiger partial charge in [-0.15, -0.1) is 10.2 Å². The van der Waals surface area contributed by atoms with Gasteiger partial charge in [0.2, 0.25) is 0 Å². The van der Waals surface area contributed by atoms with Gasteiger partial charge in [-0.05, 0) is 97.1 Å². The first-order chi connectivity index (χ1) is 29.8. The predicted octanol–water partition coefficient (Wildman–Crippen LogP) is 4.38. The van der Waals surface area contributed by atoms with Gasteiger partial charge in [-0.25, -0.2) is 18.6 Å². The van der Waals surface area contributed by atoms with E-state index in [0.717, 1.165) is 0 Å². The zero-order valence-corrected chi connectivity index (χ0v) is 42.9. The molecule has 0 aliphatic heterocycles. The summed E-state index contributed by atoms with van der Waals surface area (Å²) in [5.41, 5.74) is 0. The summed E-state index contributed by atoms with van der Waals surface area (Å²) < 4.78 is 34.0. The third-order valence-electron chi connectivity index (χ3n) is 10.2. The molecule has 0 spiro atoms. The molecule has 0 radical (unpaired) electrons. The van der Waals surface area contributed by atoms with Crippen molar-refractivity contribution >= 4 is 74.1 Å². The molecular formula is C52H53ClO6P4W. The number of hydrogen-bond donors (Lipinski definition) is 0. The summed E-state index contributed by atoms with van der Waals surface area (Å²) in [6.07, 6.45) is 5.04. The van der Waals surface area contributed by atoms with Crippen LogP contribution in [0.1, 0.15) is 0 Å². The predicted molar refractivity (Wildman–Crippen MR) is 264 cm³/mol. The van der Waals surface area contributed by atoms with Gasteiger partial charge in [-0.1, -0.05) is 146 Å². The maximum atomic E-state index is 8.49. The van der Waals surface area contributed by atoms with Crippen LogP contribution in [-0.2, 0) is 26.5 Å². The van der Waals surface area contributed by atoms with Crippen LogP contribution < -0.4 is 61.1 Å². The normalized spacial score (nSPS) is 10.6. The van der Waals surface area contributed by atoms with Crippen LogP contribution in [-0.4, -0.2) is 30.1 Å². The Kier molecular flexibility index (Phi) is 25.3.